The average molecular weight is 659 g/mol. The minimum Gasteiger partial charge on any atom is -0.351 e. The first-order chi connectivity index (χ1) is 19.8. The van der Waals surface area contributed by atoms with Crippen LogP contribution < -0.4 is 15.5 Å². The second-order valence-corrected chi connectivity index (χ2v) is 11.2. The first-order valence-electron chi connectivity index (χ1n) is 13.5. The lowest BCUT2D eigenvalue weighted by molar-refractivity contribution is -0.118. The van der Waals surface area contributed by atoms with Gasteiger partial charge in [0.25, 0.3) is 0 Å². The highest BCUT2D eigenvalue weighted by Gasteiger charge is 2.37. The number of amides is 1. The summed E-state index contributed by atoms with van der Waals surface area (Å²) in [7, 11) is 1.80. The summed E-state index contributed by atoms with van der Waals surface area (Å²) in [5, 5.41) is 6.18. The third-order valence-electron chi connectivity index (χ3n) is 7.79. The van der Waals surface area contributed by atoms with Crippen molar-refractivity contribution in [3.05, 3.63) is 76.0 Å². The third kappa shape index (κ3) is 7.66. The van der Waals surface area contributed by atoms with E-state index in [0.717, 1.165) is 24.3 Å². The number of fused-ring (bicyclic) bond motifs is 1. The molecular weight excluding hydrogens is 618 g/mol. The average Bonchev–Trinajstić information content (AvgIpc) is 2.88. The number of nitrogens with zero attached hydrogens (tertiary/aromatic N) is 4. The third-order valence-corrected chi connectivity index (χ3v) is 7.79. The molecule has 2 N–H and O–H groups in total. The summed E-state index contributed by atoms with van der Waals surface area (Å²) in [5.41, 5.74) is 1.39. The van der Waals surface area contributed by atoms with Gasteiger partial charge in [-0.3, -0.25) is 9.69 Å². The van der Waals surface area contributed by atoms with Crippen LogP contribution in [0.3, 0.4) is 0 Å². The molecule has 14 heteroatoms. The van der Waals surface area contributed by atoms with Crippen LogP contribution in [0.5, 0.6) is 0 Å². The fourth-order valence-electron chi connectivity index (χ4n) is 5.65. The summed E-state index contributed by atoms with van der Waals surface area (Å²) in [6, 6.07) is 2.76. The van der Waals surface area contributed by atoms with E-state index in [4.69, 9.17) is 0 Å². The van der Waals surface area contributed by atoms with Gasteiger partial charge in [-0.25, -0.2) is 31.3 Å². The molecule has 45 heavy (non-hydrogen) atoms. The molecule has 1 saturated carbocycles. The Kier molecular flexibility index (Phi) is 12.3. The summed E-state index contributed by atoms with van der Waals surface area (Å²) in [4.78, 5) is 25.3. The van der Waals surface area contributed by atoms with E-state index in [9.17, 15) is 31.1 Å². The summed E-state index contributed by atoms with van der Waals surface area (Å²) in [5.74, 6) is -7.72. The van der Waals surface area contributed by atoms with E-state index >= 15 is 0 Å². The topological polar surface area (TPSA) is 73.4 Å². The molecule has 0 saturated heterocycles. The maximum Gasteiger partial charge on any atom is 0.247 e. The molecule has 3 aromatic rings. The van der Waals surface area contributed by atoms with Gasteiger partial charge < -0.3 is 15.5 Å². The smallest absolute Gasteiger partial charge is 0.247 e. The molecule has 2 heterocycles. The molecule has 0 bridgehead atoms. The number of rotatable bonds is 8. The van der Waals surface area contributed by atoms with Crippen LogP contribution in [0.25, 0.3) is 0 Å². The van der Waals surface area contributed by atoms with Crippen molar-refractivity contribution in [3.8, 4) is 0 Å². The van der Waals surface area contributed by atoms with E-state index < -0.39 is 40.9 Å². The van der Waals surface area contributed by atoms with Gasteiger partial charge in [-0.1, -0.05) is 28.7 Å². The largest absolute Gasteiger partial charge is 0.351 e. The van der Waals surface area contributed by atoms with E-state index in [0.29, 0.717) is 36.0 Å². The van der Waals surface area contributed by atoms with Gasteiger partial charge in [-0.15, -0.1) is 0 Å². The highest BCUT2D eigenvalue weighted by Crippen LogP contribution is 2.36. The monoisotopic (exact) mass is 658 g/mol. The highest BCUT2D eigenvalue weighted by molar-refractivity contribution is 7.59. The number of aromatic nitrogens is 2. The minimum absolute atomic E-state index is 0. The number of hydrogen-bond donors (Lipinski definition) is 2. The van der Waals surface area contributed by atoms with Crippen molar-refractivity contribution in [1.82, 2.24) is 14.9 Å². The molecule has 1 aliphatic carbocycles. The number of halogens is 6. The zero-order valence-electron chi connectivity index (χ0n) is 23.9. The Labute approximate surface area is 266 Å². The number of hydrogen-bond acceptors (Lipinski definition) is 6. The molecule has 2 aromatic carbocycles. The van der Waals surface area contributed by atoms with Crippen LogP contribution in [0.2, 0.25) is 0 Å². The van der Waals surface area contributed by atoms with Crippen LogP contribution in [-0.4, -0.2) is 45.9 Å². The minimum atomic E-state index is -1.59. The van der Waals surface area contributed by atoms with E-state index in [1.54, 1.807) is 18.9 Å². The Morgan fingerprint density at radius 2 is 1.38 bits per heavy atom. The molecule has 0 unspecified atom stereocenters. The second-order valence-electron chi connectivity index (χ2n) is 11.2. The zero-order chi connectivity index (χ0) is 30.5. The second kappa shape index (κ2) is 14.7. The van der Waals surface area contributed by atoms with Crippen LogP contribution in [0.4, 0.5) is 43.8 Å². The molecule has 248 valence electrons. The summed E-state index contributed by atoms with van der Waals surface area (Å²) in [6.07, 6.45) is 1.03. The number of benzene rings is 2. The molecule has 1 aliphatic heterocycles. The van der Waals surface area contributed by atoms with Crippen molar-refractivity contribution in [3.63, 3.8) is 0 Å². The van der Waals surface area contributed by atoms with Crippen LogP contribution in [0.15, 0.2) is 24.3 Å². The quantitative estimate of drug-likeness (QED) is 0.200. The molecule has 1 atom stereocenters. The number of likely N-dealkylation sites (N-methyl/N-ethyl adjacent to an activating group) is 1. The van der Waals surface area contributed by atoms with Crippen molar-refractivity contribution in [2.45, 2.75) is 79.7 Å². The van der Waals surface area contributed by atoms with Gasteiger partial charge in [-0.05, 0) is 61.1 Å². The zero-order valence-corrected chi connectivity index (χ0v) is 24.9. The van der Waals surface area contributed by atoms with Crippen molar-refractivity contribution in [2.75, 3.05) is 22.6 Å². The Morgan fingerprint density at radius 3 is 1.82 bits per heavy atom. The standard InChI is InChI=1S/C29H30F6N6O.2CH4.H2S/c1-13(2)26-28(42)38-25-14(3)36-29(39-27(25)40(26)4)37-17-9-18(10-17)41(11-15-5-19(30)23(34)20(31)6-15)12-16-7-21(32)24(35)22(33)8-16;;;/h5-8,13,17-18,26H,9-12H2,1-4H3,(H,38,42)(H,36,37,39);2*1H4;1H2/t17?,18?,26-;;;/m0.../s1. The lowest BCUT2D eigenvalue weighted by Crippen LogP contribution is -2.50. The van der Waals surface area contributed by atoms with Crippen molar-refractivity contribution < 1.29 is 31.1 Å². The van der Waals surface area contributed by atoms with Crippen LogP contribution in [0, 0.1) is 47.7 Å². The van der Waals surface area contributed by atoms with Gasteiger partial charge in [0.15, 0.2) is 40.7 Å². The molecule has 1 aromatic heterocycles. The Hall–Kier alpha value is -3.52. The lowest BCUT2D eigenvalue weighted by Gasteiger charge is -2.43. The molecule has 1 amide bonds. The van der Waals surface area contributed by atoms with Crippen molar-refractivity contribution in [1.29, 1.82) is 0 Å². The Balaban J connectivity index is 0.00000235. The summed E-state index contributed by atoms with van der Waals surface area (Å²) in [6.45, 7) is 5.55. The Morgan fingerprint density at radius 1 is 0.911 bits per heavy atom. The van der Waals surface area contributed by atoms with E-state index in [1.807, 2.05) is 18.7 Å². The molecule has 2 aliphatic rings. The summed E-state index contributed by atoms with van der Waals surface area (Å²) < 4.78 is 82.7. The SMILES string of the molecule is C.C.Cc1nc(NC2CC(N(Cc3cc(F)c(F)c(F)c3)Cc3cc(F)c(F)c(F)c3)C2)nc2c1NC(=O)[C@H](C(C)C)N2C.S. The molecule has 7 nitrogen and oxygen atoms in total. The highest BCUT2D eigenvalue weighted by atomic mass is 32.1. The molecule has 0 radical (unpaired) electrons. The van der Waals surface area contributed by atoms with Gasteiger partial charge in [0.05, 0.1) is 5.69 Å². The maximum atomic E-state index is 13.9. The van der Waals surface area contributed by atoms with Gasteiger partial charge in [0.2, 0.25) is 11.9 Å². The van der Waals surface area contributed by atoms with Crippen LogP contribution in [-0.2, 0) is 17.9 Å². The molecular formula is C31H40F6N6OS. The van der Waals surface area contributed by atoms with Gasteiger partial charge in [0, 0.05) is 32.2 Å². The number of carbonyl (C=O) groups excluding carboxylic acids is 1. The normalized spacial score (nSPS) is 18.7. The van der Waals surface area contributed by atoms with Gasteiger partial charge in [0.1, 0.15) is 11.7 Å². The summed E-state index contributed by atoms with van der Waals surface area (Å²) >= 11 is 0. The first kappa shape index (κ1) is 37.7. The first-order valence-corrected chi connectivity index (χ1v) is 13.5. The van der Waals surface area contributed by atoms with Gasteiger partial charge >= 0.3 is 0 Å². The van der Waals surface area contributed by atoms with Gasteiger partial charge in [-0.2, -0.15) is 18.5 Å². The number of aryl methyl sites for hydroxylation is 1. The molecule has 1 fully saturated rings. The van der Waals surface area contributed by atoms with Crippen LogP contribution in [0.1, 0.15) is 58.4 Å². The van der Waals surface area contributed by atoms with E-state index in [2.05, 4.69) is 20.6 Å². The predicted molar refractivity (Wildman–Crippen MR) is 169 cm³/mol. The molecule has 0 spiro atoms. The number of anilines is 3. The Bertz CT molecular complexity index is 1430. The number of carbonyl (C=O) groups is 1. The molecule has 5 rings (SSSR count). The predicted octanol–water partition coefficient (Wildman–Crippen LogP) is 7.06. The van der Waals surface area contributed by atoms with Crippen molar-refractivity contribution in [2.24, 2.45) is 5.92 Å². The maximum absolute atomic E-state index is 13.9. The lowest BCUT2D eigenvalue weighted by atomic mass is 9.85. The van der Waals surface area contributed by atoms with Crippen molar-refractivity contribution >= 4 is 36.9 Å². The number of nitrogens with one attached hydrogen (secondary N) is 2. The fraction of sp³-hybridized carbons (Fsp3) is 0.452. The van der Waals surface area contributed by atoms with E-state index in [-0.39, 0.29) is 76.5 Å². The fourth-order valence-corrected chi connectivity index (χ4v) is 5.65. The van der Waals surface area contributed by atoms with Crippen LogP contribution >= 0.6 is 13.5 Å². The van der Waals surface area contributed by atoms with E-state index in [1.165, 1.54) is 0 Å².